The second-order valence-electron chi connectivity index (χ2n) is 4.51. The van der Waals surface area contributed by atoms with Gasteiger partial charge in [0.2, 0.25) is 5.91 Å². The maximum Gasteiger partial charge on any atom is 0.328 e. The molecule has 1 amide bonds. The average molecular weight is 248 g/mol. The highest BCUT2D eigenvalue weighted by molar-refractivity contribution is 5.82. The lowest BCUT2D eigenvalue weighted by Crippen LogP contribution is -2.48. The number of carbonyl (C=O) groups excluding carboxylic acids is 1. The lowest BCUT2D eigenvalue weighted by atomic mass is 9.91. The normalized spacial score (nSPS) is 21.6. The fourth-order valence-electron chi connectivity index (χ4n) is 2.49. The molecule has 0 saturated carbocycles. The molecule has 1 unspecified atom stereocenters. The van der Waals surface area contributed by atoms with Gasteiger partial charge in [0, 0.05) is 13.0 Å². The summed E-state index contributed by atoms with van der Waals surface area (Å²) in [4.78, 5) is 22.3. The molecule has 1 aliphatic rings. The van der Waals surface area contributed by atoms with Crippen LogP contribution in [0.2, 0.25) is 0 Å². The molecule has 0 fully saturated rings. The Bertz CT molecular complexity index is 487. The Morgan fingerprint density at radius 3 is 2.78 bits per heavy atom. The van der Waals surface area contributed by atoms with E-state index in [1.54, 1.807) is 0 Å². The highest BCUT2D eigenvalue weighted by Gasteiger charge is 2.44. The van der Waals surface area contributed by atoms with E-state index in [-0.39, 0.29) is 13.0 Å². The molecule has 96 valence electrons. The molecule has 5 heteroatoms. The lowest BCUT2D eigenvalue weighted by Gasteiger charge is -2.27. The number of amides is 1. The molecule has 0 bridgehead atoms. The maximum absolute atomic E-state index is 11.6. The van der Waals surface area contributed by atoms with Crippen LogP contribution in [-0.4, -0.2) is 23.5 Å². The van der Waals surface area contributed by atoms with Gasteiger partial charge in [-0.3, -0.25) is 10.1 Å². The number of carbonyl (C=O) groups is 2. The first-order valence-electron chi connectivity index (χ1n) is 5.91. The molecular weight excluding hydrogens is 232 g/mol. The quantitative estimate of drug-likeness (QED) is 0.702. The molecule has 0 radical (unpaired) electrons. The predicted octanol–water partition coefficient (Wildman–Crippen LogP) is 0.378. The van der Waals surface area contributed by atoms with Gasteiger partial charge in [-0.25, -0.2) is 4.79 Å². The Morgan fingerprint density at radius 1 is 1.39 bits per heavy atom. The highest BCUT2D eigenvalue weighted by Crippen LogP contribution is 2.37. The van der Waals surface area contributed by atoms with Gasteiger partial charge in [-0.05, 0) is 24.0 Å². The number of nitrogens with two attached hydrogens (primary N) is 1. The monoisotopic (exact) mass is 248 g/mol. The van der Waals surface area contributed by atoms with Gasteiger partial charge in [0.05, 0.1) is 0 Å². The summed E-state index contributed by atoms with van der Waals surface area (Å²) in [6.07, 6.45) is 1.36. The van der Waals surface area contributed by atoms with E-state index in [2.05, 4.69) is 5.32 Å². The first kappa shape index (κ1) is 12.6. The molecule has 1 aromatic rings. The minimum atomic E-state index is -1.08. The minimum Gasteiger partial charge on any atom is -0.480 e. The van der Waals surface area contributed by atoms with Crippen LogP contribution >= 0.6 is 0 Å². The summed E-state index contributed by atoms with van der Waals surface area (Å²) in [7, 11) is 0. The molecule has 0 aliphatic heterocycles. The molecule has 18 heavy (non-hydrogen) atoms. The van der Waals surface area contributed by atoms with E-state index in [0.29, 0.717) is 6.42 Å². The van der Waals surface area contributed by atoms with Gasteiger partial charge in [-0.2, -0.15) is 0 Å². The van der Waals surface area contributed by atoms with Crippen molar-refractivity contribution >= 4 is 11.9 Å². The van der Waals surface area contributed by atoms with Crippen LogP contribution in [0.5, 0.6) is 0 Å². The molecule has 5 nitrogen and oxygen atoms in total. The van der Waals surface area contributed by atoms with Gasteiger partial charge < -0.3 is 10.8 Å². The van der Waals surface area contributed by atoms with Crippen LogP contribution in [0.1, 0.15) is 24.0 Å². The number of hydrogen-bond donors (Lipinski definition) is 3. The fraction of sp³-hybridized carbons (Fsp3) is 0.385. The lowest BCUT2D eigenvalue weighted by molar-refractivity contribution is -0.145. The van der Waals surface area contributed by atoms with Crippen molar-refractivity contribution < 1.29 is 14.7 Å². The second-order valence-corrected chi connectivity index (χ2v) is 4.51. The van der Waals surface area contributed by atoms with Crippen LogP contribution in [0.3, 0.4) is 0 Å². The van der Waals surface area contributed by atoms with Gasteiger partial charge in [0.1, 0.15) is 5.54 Å². The van der Waals surface area contributed by atoms with Crippen LogP contribution in [-0.2, 0) is 21.5 Å². The van der Waals surface area contributed by atoms with E-state index in [4.69, 9.17) is 5.73 Å². The van der Waals surface area contributed by atoms with Crippen LogP contribution in [0, 0.1) is 0 Å². The van der Waals surface area contributed by atoms with E-state index in [0.717, 1.165) is 17.5 Å². The number of carboxylic acids is 1. The van der Waals surface area contributed by atoms with Crippen molar-refractivity contribution in [3.63, 3.8) is 0 Å². The molecule has 0 spiro atoms. The SMILES string of the molecule is NC(=O)CCNC1(C(=O)O)CCc2ccccc21. The maximum atomic E-state index is 11.6. The highest BCUT2D eigenvalue weighted by atomic mass is 16.4. The zero-order valence-electron chi connectivity index (χ0n) is 9.98. The summed E-state index contributed by atoms with van der Waals surface area (Å²) in [5, 5.41) is 12.5. The number of nitrogens with one attached hydrogen (secondary N) is 1. The van der Waals surface area contributed by atoms with Crippen LogP contribution in [0.25, 0.3) is 0 Å². The van der Waals surface area contributed by atoms with Crippen molar-refractivity contribution in [2.45, 2.75) is 24.8 Å². The number of carboxylic acid groups (broad SMARTS) is 1. The number of aryl methyl sites for hydroxylation is 1. The number of hydrogen-bond acceptors (Lipinski definition) is 3. The summed E-state index contributed by atoms with van der Waals surface area (Å²) in [5.74, 6) is -1.34. The molecule has 1 aliphatic carbocycles. The third-order valence-electron chi connectivity index (χ3n) is 3.41. The summed E-state index contributed by atoms with van der Waals surface area (Å²) in [6, 6.07) is 7.50. The smallest absolute Gasteiger partial charge is 0.328 e. The number of primary amides is 1. The third kappa shape index (κ3) is 2.09. The van der Waals surface area contributed by atoms with Gasteiger partial charge >= 0.3 is 5.97 Å². The number of rotatable bonds is 5. The van der Waals surface area contributed by atoms with Crippen LogP contribution in [0.15, 0.2) is 24.3 Å². The first-order valence-corrected chi connectivity index (χ1v) is 5.91. The Kier molecular flexibility index (Phi) is 3.34. The summed E-state index contributed by atoms with van der Waals surface area (Å²) >= 11 is 0. The molecule has 0 heterocycles. The van der Waals surface area contributed by atoms with Gasteiger partial charge in [0.15, 0.2) is 0 Å². The van der Waals surface area contributed by atoms with E-state index < -0.39 is 17.4 Å². The van der Waals surface area contributed by atoms with Crippen molar-refractivity contribution in [1.29, 1.82) is 0 Å². The van der Waals surface area contributed by atoms with Crippen LogP contribution < -0.4 is 11.1 Å². The molecular formula is C13H16N2O3. The minimum absolute atomic E-state index is 0.136. The molecule has 0 aromatic heterocycles. The largest absolute Gasteiger partial charge is 0.480 e. The number of benzene rings is 1. The van der Waals surface area contributed by atoms with Crippen molar-refractivity contribution in [2.75, 3.05) is 6.54 Å². The Balaban J connectivity index is 2.24. The van der Waals surface area contributed by atoms with Crippen molar-refractivity contribution in [3.8, 4) is 0 Å². The zero-order valence-corrected chi connectivity index (χ0v) is 9.98. The average Bonchev–Trinajstić information content (AvgIpc) is 2.69. The first-order chi connectivity index (χ1) is 8.56. The van der Waals surface area contributed by atoms with Crippen molar-refractivity contribution in [3.05, 3.63) is 35.4 Å². The van der Waals surface area contributed by atoms with Gasteiger partial charge in [-0.15, -0.1) is 0 Å². The summed E-state index contributed by atoms with van der Waals surface area (Å²) in [6.45, 7) is 0.274. The van der Waals surface area contributed by atoms with Gasteiger partial charge in [-0.1, -0.05) is 24.3 Å². The molecule has 0 saturated heterocycles. The standard InChI is InChI=1S/C13H16N2O3/c14-11(16)6-8-15-13(12(17)18)7-5-9-3-1-2-4-10(9)13/h1-4,15H,5-8H2,(H2,14,16)(H,17,18). The van der Waals surface area contributed by atoms with E-state index in [1.165, 1.54) is 0 Å². The molecule has 1 aromatic carbocycles. The predicted molar refractivity (Wildman–Crippen MR) is 65.9 cm³/mol. The van der Waals surface area contributed by atoms with Crippen molar-refractivity contribution in [1.82, 2.24) is 5.32 Å². The summed E-state index contributed by atoms with van der Waals surface area (Å²) < 4.78 is 0. The Labute approximate surface area is 105 Å². The van der Waals surface area contributed by atoms with E-state index in [9.17, 15) is 14.7 Å². The number of aliphatic carboxylic acids is 1. The van der Waals surface area contributed by atoms with Gasteiger partial charge in [0.25, 0.3) is 0 Å². The Hall–Kier alpha value is -1.88. The molecule has 2 rings (SSSR count). The molecule has 4 N–H and O–H groups in total. The van der Waals surface area contributed by atoms with Crippen molar-refractivity contribution in [2.24, 2.45) is 5.73 Å². The topological polar surface area (TPSA) is 92.4 Å². The van der Waals surface area contributed by atoms with E-state index >= 15 is 0 Å². The third-order valence-corrected chi connectivity index (χ3v) is 3.41. The van der Waals surface area contributed by atoms with E-state index in [1.807, 2.05) is 24.3 Å². The molecule has 1 atom stereocenters. The summed E-state index contributed by atoms with van der Waals surface area (Å²) in [5.41, 5.74) is 5.83. The second kappa shape index (κ2) is 4.78. The Morgan fingerprint density at radius 2 is 2.11 bits per heavy atom. The fourth-order valence-corrected chi connectivity index (χ4v) is 2.49. The zero-order chi connectivity index (χ0) is 13.2. The van der Waals surface area contributed by atoms with Crippen LogP contribution in [0.4, 0.5) is 0 Å². The number of fused-ring (bicyclic) bond motifs is 1.